The van der Waals surface area contributed by atoms with E-state index < -0.39 is 0 Å². The Morgan fingerprint density at radius 1 is 1.00 bits per heavy atom. The summed E-state index contributed by atoms with van der Waals surface area (Å²) in [6.07, 6.45) is 3.07. The van der Waals surface area contributed by atoms with Gasteiger partial charge in [-0.3, -0.25) is 0 Å². The van der Waals surface area contributed by atoms with Crippen LogP contribution in [0, 0.1) is 6.92 Å². The zero-order chi connectivity index (χ0) is 14.4. The Morgan fingerprint density at radius 3 is 2.40 bits per heavy atom. The van der Waals surface area contributed by atoms with E-state index in [0.717, 1.165) is 48.7 Å². The van der Waals surface area contributed by atoms with Gasteiger partial charge in [0.2, 0.25) is 0 Å². The third kappa shape index (κ3) is 3.80. The molecule has 3 nitrogen and oxygen atoms in total. The standard InChI is InChI=1S/C17H23N3/c1-4-6-16-19-15(12-17(20-16)18-11-5-2)14-9-7-13(3)8-10-14/h7-10,12H,4-6,11H2,1-3H3,(H,18,19,20). The summed E-state index contributed by atoms with van der Waals surface area (Å²) in [7, 11) is 0. The lowest BCUT2D eigenvalue weighted by Crippen LogP contribution is -2.06. The van der Waals surface area contributed by atoms with Crippen molar-refractivity contribution in [1.82, 2.24) is 9.97 Å². The van der Waals surface area contributed by atoms with Crippen molar-refractivity contribution in [3.8, 4) is 11.3 Å². The Hall–Kier alpha value is -1.90. The van der Waals surface area contributed by atoms with Crippen LogP contribution in [0.5, 0.6) is 0 Å². The summed E-state index contributed by atoms with van der Waals surface area (Å²) in [6, 6.07) is 10.5. The lowest BCUT2D eigenvalue weighted by Gasteiger charge is -2.09. The number of aromatic nitrogens is 2. The zero-order valence-electron chi connectivity index (χ0n) is 12.6. The molecule has 0 atom stereocenters. The minimum atomic E-state index is 0.917. The predicted molar refractivity (Wildman–Crippen MR) is 85.0 cm³/mol. The van der Waals surface area contributed by atoms with Crippen molar-refractivity contribution in [2.45, 2.75) is 40.0 Å². The van der Waals surface area contributed by atoms with E-state index in [4.69, 9.17) is 0 Å². The van der Waals surface area contributed by atoms with Crippen molar-refractivity contribution in [3.63, 3.8) is 0 Å². The van der Waals surface area contributed by atoms with E-state index in [1.807, 2.05) is 6.07 Å². The van der Waals surface area contributed by atoms with Crippen molar-refractivity contribution < 1.29 is 0 Å². The number of rotatable bonds is 6. The average molecular weight is 269 g/mol. The summed E-state index contributed by atoms with van der Waals surface area (Å²) in [5.74, 6) is 1.85. The predicted octanol–water partition coefficient (Wildman–Crippen LogP) is 4.23. The topological polar surface area (TPSA) is 37.8 Å². The van der Waals surface area contributed by atoms with Gasteiger partial charge in [0.25, 0.3) is 0 Å². The minimum absolute atomic E-state index is 0.917. The van der Waals surface area contributed by atoms with Crippen LogP contribution in [0.4, 0.5) is 5.82 Å². The Kier molecular flexibility index (Phi) is 5.10. The second-order valence-corrected chi connectivity index (χ2v) is 5.10. The van der Waals surface area contributed by atoms with Crippen LogP contribution < -0.4 is 5.32 Å². The summed E-state index contributed by atoms with van der Waals surface area (Å²) in [5, 5.41) is 3.36. The highest BCUT2D eigenvalue weighted by Crippen LogP contribution is 2.21. The monoisotopic (exact) mass is 269 g/mol. The Bertz CT molecular complexity index is 547. The molecule has 2 rings (SSSR count). The van der Waals surface area contributed by atoms with Crippen molar-refractivity contribution in [1.29, 1.82) is 0 Å². The van der Waals surface area contributed by atoms with Gasteiger partial charge in [-0.25, -0.2) is 9.97 Å². The fourth-order valence-corrected chi connectivity index (χ4v) is 2.05. The highest BCUT2D eigenvalue weighted by Gasteiger charge is 2.06. The molecule has 0 saturated heterocycles. The maximum atomic E-state index is 4.68. The summed E-state index contributed by atoms with van der Waals surface area (Å²) < 4.78 is 0. The van der Waals surface area contributed by atoms with E-state index >= 15 is 0 Å². The number of hydrogen-bond donors (Lipinski definition) is 1. The molecule has 0 aliphatic heterocycles. The van der Waals surface area contributed by atoms with Crippen LogP contribution in [0.25, 0.3) is 11.3 Å². The van der Waals surface area contributed by atoms with Crippen molar-refractivity contribution in [2.75, 3.05) is 11.9 Å². The number of anilines is 1. The quantitative estimate of drug-likeness (QED) is 0.853. The molecule has 0 aliphatic rings. The van der Waals surface area contributed by atoms with Crippen LogP contribution in [0.3, 0.4) is 0 Å². The normalized spacial score (nSPS) is 10.6. The summed E-state index contributed by atoms with van der Waals surface area (Å²) in [4.78, 5) is 9.26. The second kappa shape index (κ2) is 7.04. The number of benzene rings is 1. The molecule has 20 heavy (non-hydrogen) atoms. The van der Waals surface area contributed by atoms with Crippen LogP contribution in [-0.2, 0) is 6.42 Å². The fourth-order valence-electron chi connectivity index (χ4n) is 2.05. The van der Waals surface area contributed by atoms with Gasteiger partial charge in [-0.1, -0.05) is 43.7 Å². The molecule has 1 heterocycles. The Labute approximate surface area is 121 Å². The van der Waals surface area contributed by atoms with Crippen LogP contribution in [-0.4, -0.2) is 16.5 Å². The van der Waals surface area contributed by atoms with Gasteiger partial charge in [0.1, 0.15) is 11.6 Å². The molecule has 0 radical (unpaired) electrons. The highest BCUT2D eigenvalue weighted by molar-refractivity contribution is 5.62. The summed E-state index contributed by atoms with van der Waals surface area (Å²) in [5.41, 5.74) is 3.41. The zero-order valence-corrected chi connectivity index (χ0v) is 12.6. The first-order valence-electron chi connectivity index (χ1n) is 7.41. The minimum Gasteiger partial charge on any atom is -0.370 e. The van der Waals surface area contributed by atoms with E-state index in [9.17, 15) is 0 Å². The third-order valence-corrected chi connectivity index (χ3v) is 3.15. The van der Waals surface area contributed by atoms with E-state index in [1.54, 1.807) is 0 Å². The summed E-state index contributed by atoms with van der Waals surface area (Å²) >= 11 is 0. The molecule has 2 aromatic rings. The molecular formula is C17H23N3. The molecule has 0 bridgehead atoms. The third-order valence-electron chi connectivity index (χ3n) is 3.15. The van der Waals surface area contributed by atoms with Crippen LogP contribution >= 0.6 is 0 Å². The molecule has 3 heteroatoms. The first-order valence-corrected chi connectivity index (χ1v) is 7.41. The number of nitrogens with zero attached hydrogens (tertiary/aromatic N) is 2. The maximum Gasteiger partial charge on any atom is 0.131 e. The Balaban J connectivity index is 2.34. The van der Waals surface area contributed by atoms with Gasteiger partial charge in [-0.2, -0.15) is 0 Å². The van der Waals surface area contributed by atoms with Crippen LogP contribution in [0.1, 0.15) is 38.1 Å². The van der Waals surface area contributed by atoms with Crippen molar-refractivity contribution >= 4 is 5.82 Å². The number of hydrogen-bond acceptors (Lipinski definition) is 3. The molecule has 0 amide bonds. The average Bonchev–Trinajstić information content (AvgIpc) is 2.46. The van der Waals surface area contributed by atoms with Crippen LogP contribution in [0.2, 0.25) is 0 Å². The Morgan fingerprint density at radius 2 is 1.75 bits per heavy atom. The molecule has 106 valence electrons. The number of nitrogens with one attached hydrogen (secondary N) is 1. The van der Waals surface area contributed by atoms with Gasteiger partial charge >= 0.3 is 0 Å². The van der Waals surface area contributed by atoms with Gasteiger partial charge in [-0.05, 0) is 19.8 Å². The van der Waals surface area contributed by atoms with E-state index in [1.165, 1.54) is 5.56 Å². The van der Waals surface area contributed by atoms with Crippen LogP contribution in [0.15, 0.2) is 30.3 Å². The van der Waals surface area contributed by atoms with E-state index in [2.05, 4.69) is 60.3 Å². The molecule has 0 spiro atoms. The van der Waals surface area contributed by atoms with Gasteiger partial charge in [0.15, 0.2) is 0 Å². The van der Waals surface area contributed by atoms with Gasteiger partial charge in [-0.15, -0.1) is 0 Å². The molecule has 0 unspecified atom stereocenters. The first-order chi connectivity index (χ1) is 9.72. The molecule has 0 aliphatic carbocycles. The van der Waals surface area contributed by atoms with Crippen molar-refractivity contribution in [3.05, 3.63) is 41.7 Å². The molecule has 1 N–H and O–H groups in total. The highest BCUT2D eigenvalue weighted by atomic mass is 15.0. The smallest absolute Gasteiger partial charge is 0.131 e. The maximum absolute atomic E-state index is 4.68. The van der Waals surface area contributed by atoms with E-state index in [-0.39, 0.29) is 0 Å². The molecule has 0 saturated carbocycles. The largest absolute Gasteiger partial charge is 0.370 e. The van der Waals surface area contributed by atoms with E-state index in [0.29, 0.717) is 0 Å². The molecule has 1 aromatic carbocycles. The van der Waals surface area contributed by atoms with Crippen molar-refractivity contribution in [2.24, 2.45) is 0 Å². The molecular weight excluding hydrogens is 246 g/mol. The molecule has 0 fully saturated rings. The van der Waals surface area contributed by atoms with Gasteiger partial charge in [0.05, 0.1) is 5.69 Å². The second-order valence-electron chi connectivity index (χ2n) is 5.10. The molecule has 1 aromatic heterocycles. The fraction of sp³-hybridized carbons (Fsp3) is 0.412. The van der Waals surface area contributed by atoms with Gasteiger partial charge < -0.3 is 5.32 Å². The van der Waals surface area contributed by atoms with Gasteiger partial charge in [0, 0.05) is 24.6 Å². The number of aryl methyl sites for hydroxylation is 2. The first kappa shape index (κ1) is 14.5. The SMILES string of the molecule is CCCNc1cc(-c2ccc(C)cc2)nc(CCC)n1. The summed E-state index contributed by atoms with van der Waals surface area (Å²) in [6.45, 7) is 7.35. The lowest BCUT2D eigenvalue weighted by molar-refractivity contribution is 0.834. The lowest BCUT2D eigenvalue weighted by atomic mass is 10.1.